The Morgan fingerprint density at radius 1 is 1.35 bits per heavy atom. The fourth-order valence-electron chi connectivity index (χ4n) is 2.94. The van der Waals surface area contributed by atoms with Gasteiger partial charge >= 0.3 is 0 Å². The van der Waals surface area contributed by atoms with E-state index in [9.17, 15) is 4.39 Å². The third-order valence-corrected chi connectivity index (χ3v) is 4.21. The van der Waals surface area contributed by atoms with Crippen molar-refractivity contribution in [2.75, 3.05) is 24.5 Å². The molecule has 0 radical (unpaired) electrons. The quantitative estimate of drug-likeness (QED) is 0.793. The highest BCUT2D eigenvalue weighted by atomic mass is 19.1. The van der Waals surface area contributed by atoms with E-state index in [4.69, 9.17) is 0 Å². The molecule has 1 N–H and O–H groups in total. The summed E-state index contributed by atoms with van der Waals surface area (Å²) in [5.41, 5.74) is 1.81. The molecule has 1 aliphatic heterocycles. The van der Waals surface area contributed by atoms with Crippen LogP contribution in [0.15, 0.2) is 18.2 Å². The van der Waals surface area contributed by atoms with Gasteiger partial charge in [-0.1, -0.05) is 26.3 Å². The van der Waals surface area contributed by atoms with Gasteiger partial charge in [0, 0.05) is 19.6 Å². The van der Waals surface area contributed by atoms with Crippen LogP contribution in [0.25, 0.3) is 0 Å². The number of piperidine rings is 1. The molecule has 0 saturated carbocycles. The number of halogens is 1. The molecule has 3 heteroatoms. The van der Waals surface area contributed by atoms with Gasteiger partial charge in [0.2, 0.25) is 0 Å². The Kier molecular flexibility index (Phi) is 5.84. The molecular weight excluding hydrogens is 251 g/mol. The fraction of sp³-hybridized carbons (Fsp3) is 0.647. The molecule has 1 aromatic rings. The van der Waals surface area contributed by atoms with Gasteiger partial charge in [0.25, 0.3) is 0 Å². The van der Waals surface area contributed by atoms with Crippen LogP contribution in [-0.4, -0.2) is 19.6 Å². The Balaban J connectivity index is 2.01. The molecule has 2 nitrogen and oxygen atoms in total. The number of rotatable bonds is 6. The van der Waals surface area contributed by atoms with E-state index in [1.54, 1.807) is 6.07 Å². The Bertz CT molecular complexity index is 419. The number of nitrogens with one attached hydrogen (secondary N) is 1. The molecule has 1 unspecified atom stereocenters. The van der Waals surface area contributed by atoms with Crippen molar-refractivity contribution >= 4 is 5.69 Å². The maximum absolute atomic E-state index is 14.3. The SMILES string of the molecule is CCCNCc1ccc(N2CCCC(CC)C2)c(F)c1. The highest BCUT2D eigenvalue weighted by Gasteiger charge is 2.20. The van der Waals surface area contributed by atoms with Crippen molar-refractivity contribution in [1.82, 2.24) is 5.32 Å². The summed E-state index contributed by atoms with van der Waals surface area (Å²) in [7, 11) is 0. The Morgan fingerprint density at radius 3 is 2.90 bits per heavy atom. The van der Waals surface area contributed by atoms with Crippen LogP contribution >= 0.6 is 0 Å². The van der Waals surface area contributed by atoms with E-state index in [2.05, 4.69) is 30.1 Å². The van der Waals surface area contributed by atoms with E-state index in [1.165, 1.54) is 19.3 Å². The predicted octanol–water partition coefficient (Wildman–Crippen LogP) is 3.95. The van der Waals surface area contributed by atoms with Crippen molar-refractivity contribution in [3.05, 3.63) is 29.6 Å². The van der Waals surface area contributed by atoms with Gasteiger partial charge in [0.15, 0.2) is 0 Å². The van der Waals surface area contributed by atoms with E-state index in [0.717, 1.165) is 43.9 Å². The van der Waals surface area contributed by atoms with Crippen molar-refractivity contribution in [2.24, 2.45) is 5.92 Å². The lowest BCUT2D eigenvalue weighted by atomic mass is 9.95. The van der Waals surface area contributed by atoms with Gasteiger partial charge in [-0.25, -0.2) is 4.39 Å². The molecule has 0 amide bonds. The van der Waals surface area contributed by atoms with Crippen LogP contribution in [0.1, 0.15) is 45.1 Å². The first kappa shape index (κ1) is 15.3. The Hall–Kier alpha value is -1.09. The molecule has 1 aliphatic rings. The summed E-state index contributed by atoms with van der Waals surface area (Å²) >= 11 is 0. The molecule has 1 saturated heterocycles. The lowest BCUT2D eigenvalue weighted by Gasteiger charge is -2.34. The van der Waals surface area contributed by atoms with Crippen molar-refractivity contribution in [1.29, 1.82) is 0 Å². The fourth-order valence-corrected chi connectivity index (χ4v) is 2.94. The minimum absolute atomic E-state index is 0.0717. The van der Waals surface area contributed by atoms with E-state index < -0.39 is 0 Å². The summed E-state index contributed by atoms with van der Waals surface area (Å²) in [6, 6.07) is 5.69. The van der Waals surface area contributed by atoms with Crippen LogP contribution in [-0.2, 0) is 6.54 Å². The predicted molar refractivity (Wildman–Crippen MR) is 83.6 cm³/mol. The first-order chi connectivity index (χ1) is 9.74. The Labute approximate surface area is 122 Å². The van der Waals surface area contributed by atoms with Gasteiger partial charge in [-0.3, -0.25) is 0 Å². The zero-order chi connectivity index (χ0) is 14.4. The number of nitrogens with zero attached hydrogens (tertiary/aromatic N) is 1. The van der Waals surface area contributed by atoms with E-state index >= 15 is 0 Å². The topological polar surface area (TPSA) is 15.3 Å². The van der Waals surface area contributed by atoms with Crippen LogP contribution in [0.3, 0.4) is 0 Å². The normalized spacial score (nSPS) is 19.4. The zero-order valence-electron chi connectivity index (χ0n) is 12.8. The summed E-state index contributed by atoms with van der Waals surface area (Å²) < 4.78 is 14.3. The summed E-state index contributed by atoms with van der Waals surface area (Å²) in [6.07, 6.45) is 4.76. The minimum Gasteiger partial charge on any atom is -0.369 e. The minimum atomic E-state index is -0.0717. The van der Waals surface area contributed by atoms with Crippen LogP contribution in [0.2, 0.25) is 0 Å². The molecule has 2 rings (SSSR count). The van der Waals surface area contributed by atoms with Gasteiger partial charge < -0.3 is 10.2 Å². The zero-order valence-corrected chi connectivity index (χ0v) is 12.8. The molecule has 112 valence electrons. The van der Waals surface area contributed by atoms with Crippen LogP contribution in [0.5, 0.6) is 0 Å². The van der Waals surface area contributed by atoms with Crippen molar-refractivity contribution in [3.63, 3.8) is 0 Å². The van der Waals surface area contributed by atoms with E-state index in [0.29, 0.717) is 5.92 Å². The van der Waals surface area contributed by atoms with Crippen molar-refractivity contribution in [3.8, 4) is 0 Å². The molecule has 20 heavy (non-hydrogen) atoms. The third-order valence-electron chi connectivity index (χ3n) is 4.21. The highest BCUT2D eigenvalue weighted by Crippen LogP contribution is 2.27. The first-order valence-electron chi connectivity index (χ1n) is 7.98. The second kappa shape index (κ2) is 7.63. The maximum atomic E-state index is 14.3. The number of anilines is 1. The van der Waals surface area contributed by atoms with Crippen molar-refractivity contribution in [2.45, 2.75) is 46.1 Å². The molecule has 1 atom stereocenters. The smallest absolute Gasteiger partial charge is 0.146 e. The number of hydrogen-bond donors (Lipinski definition) is 1. The van der Waals surface area contributed by atoms with Gasteiger partial charge in [-0.15, -0.1) is 0 Å². The molecule has 1 heterocycles. The second-order valence-electron chi connectivity index (χ2n) is 5.83. The second-order valence-corrected chi connectivity index (χ2v) is 5.83. The van der Waals surface area contributed by atoms with Gasteiger partial charge in [0.05, 0.1) is 5.69 Å². The number of benzene rings is 1. The lowest BCUT2D eigenvalue weighted by molar-refractivity contribution is 0.401. The monoisotopic (exact) mass is 278 g/mol. The summed E-state index contributed by atoms with van der Waals surface area (Å²) in [4.78, 5) is 2.22. The summed E-state index contributed by atoms with van der Waals surface area (Å²) in [5.74, 6) is 0.645. The molecule has 0 bridgehead atoms. The van der Waals surface area contributed by atoms with E-state index in [1.807, 2.05) is 6.07 Å². The molecule has 0 spiro atoms. The molecule has 0 aromatic heterocycles. The van der Waals surface area contributed by atoms with Crippen molar-refractivity contribution < 1.29 is 4.39 Å². The maximum Gasteiger partial charge on any atom is 0.146 e. The van der Waals surface area contributed by atoms with Gasteiger partial charge in [-0.05, 0) is 49.4 Å². The molecule has 0 aliphatic carbocycles. The largest absolute Gasteiger partial charge is 0.369 e. The van der Waals surface area contributed by atoms with Gasteiger partial charge in [0.1, 0.15) is 5.82 Å². The highest BCUT2D eigenvalue weighted by molar-refractivity contribution is 5.49. The summed E-state index contributed by atoms with van der Waals surface area (Å²) in [5, 5.41) is 3.31. The van der Waals surface area contributed by atoms with Crippen LogP contribution < -0.4 is 10.2 Å². The average molecular weight is 278 g/mol. The summed E-state index contributed by atoms with van der Waals surface area (Å²) in [6.45, 7) is 8.09. The van der Waals surface area contributed by atoms with Gasteiger partial charge in [-0.2, -0.15) is 0 Å². The standard InChI is InChI=1S/C17H27FN2/c1-3-9-19-12-15-7-8-17(16(18)11-15)20-10-5-6-14(4-2)13-20/h7-8,11,14,19H,3-6,9-10,12-13H2,1-2H3. The first-order valence-corrected chi connectivity index (χ1v) is 7.98. The molecule has 1 aromatic carbocycles. The van der Waals surface area contributed by atoms with Crippen LogP contribution in [0, 0.1) is 11.7 Å². The average Bonchev–Trinajstić information content (AvgIpc) is 2.48. The molecular formula is C17H27FN2. The van der Waals surface area contributed by atoms with Crippen LogP contribution in [0.4, 0.5) is 10.1 Å². The molecule has 1 fully saturated rings. The lowest BCUT2D eigenvalue weighted by Crippen LogP contribution is -2.35. The van der Waals surface area contributed by atoms with E-state index in [-0.39, 0.29) is 5.82 Å². The third kappa shape index (κ3) is 3.95. The Morgan fingerprint density at radius 2 is 2.20 bits per heavy atom. The number of hydrogen-bond acceptors (Lipinski definition) is 2.